The quantitative estimate of drug-likeness (QED) is 0.575. The lowest BCUT2D eigenvalue weighted by Gasteiger charge is -2.19. The van der Waals surface area contributed by atoms with Crippen LogP contribution in [0.4, 0.5) is 0 Å². The Balaban J connectivity index is 1.80. The fraction of sp³-hybridized carbons (Fsp3) is 0.435. The number of benzene rings is 2. The van der Waals surface area contributed by atoms with E-state index in [-0.39, 0.29) is 24.0 Å². The first-order valence-electron chi connectivity index (χ1n) is 9.66. The Kier molecular flexibility index (Phi) is 6.23. The predicted octanol–water partition coefficient (Wildman–Crippen LogP) is 4.37. The molecule has 2 aromatic rings. The first-order chi connectivity index (χ1) is 12.6. The Morgan fingerprint density at radius 1 is 1.15 bits per heavy atom. The van der Waals surface area contributed by atoms with E-state index >= 15 is 0 Å². The highest BCUT2D eigenvalue weighted by molar-refractivity contribution is 5.91. The van der Waals surface area contributed by atoms with Crippen molar-refractivity contribution in [1.29, 1.82) is 0 Å². The van der Waals surface area contributed by atoms with Crippen LogP contribution in [0.15, 0.2) is 54.6 Å². The van der Waals surface area contributed by atoms with Gasteiger partial charge in [-0.15, -0.1) is 0 Å². The smallest absolute Gasteiger partial charge is 0.143 e. The second-order valence-corrected chi connectivity index (χ2v) is 7.35. The van der Waals surface area contributed by atoms with Gasteiger partial charge in [0, 0.05) is 12.3 Å². The average molecular weight is 352 g/mol. The summed E-state index contributed by atoms with van der Waals surface area (Å²) in [5.41, 5.74) is 0.945. The van der Waals surface area contributed by atoms with Crippen molar-refractivity contribution in [1.82, 2.24) is 0 Å². The van der Waals surface area contributed by atoms with Gasteiger partial charge in [0.25, 0.3) is 0 Å². The maximum absolute atomic E-state index is 12.5. The average Bonchev–Trinajstić information content (AvgIpc) is 2.93. The number of Topliss-reactive ketones (excluding diaryl/α,β-unsaturated/α-hetero) is 1. The van der Waals surface area contributed by atoms with E-state index in [1.807, 2.05) is 36.4 Å². The van der Waals surface area contributed by atoms with Crippen LogP contribution in [0.5, 0.6) is 0 Å². The van der Waals surface area contributed by atoms with Crippen LogP contribution >= 0.6 is 0 Å². The molecule has 0 bridgehead atoms. The number of aliphatic hydroxyl groups excluding tert-OH is 2. The number of fused-ring (bicyclic) bond motifs is 1. The monoisotopic (exact) mass is 352 g/mol. The molecule has 2 aromatic carbocycles. The van der Waals surface area contributed by atoms with E-state index in [1.54, 1.807) is 6.08 Å². The first-order valence-corrected chi connectivity index (χ1v) is 9.66. The molecule has 0 unspecified atom stereocenters. The highest BCUT2D eigenvalue weighted by Gasteiger charge is 2.41. The van der Waals surface area contributed by atoms with E-state index in [1.165, 1.54) is 0 Å². The highest BCUT2D eigenvalue weighted by atomic mass is 16.3. The molecule has 4 atom stereocenters. The summed E-state index contributed by atoms with van der Waals surface area (Å²) in [7, 11) is 0. The molecule has 1 aliphatic carbocycles. The van der Waals surface area contributed by atoms with Crippen molar-refractivity contribution in [2.24, 2.45) is 5.92 Å². The van der Waals surface area contributed by atoms with Crippen LogP contribution in [0, 0.1) is 5.92 Å². The summed E-state index contributed by atoms with van der Waals surface area (Å²) in [4.78, 5) is 12.5. The summed E-state index contributed by atoms with van der Waals surface area (Å²) in [6.07, 6.45) is 6.54. The van der Waals surface area contributed by atoms with Crippen molar-refractivity contribution in [3.05, 3.63) is 60.2 Å². The van der Waals surface area contributed by atoms with E-state index < -0.39 is 12.2 Å². The normalized spacial score (nSPS) is 24.6. The fourth-order valence-corrected chi connectivity index (χ4v) is 3.91. The van der Waals surface area contributed by atoms with Crippen molar-refractivity contribution in [2.75, 3.05) is 0 Å². The summed E-state index contributed by atoms with van der Waals surface area (Å²) in [6.45, 7) is 2.14. The van der Waals surface area contributed by atoms with Gasteiger partial charge in [-0.05, 0) is 22.8 Å². The van der Waals surface area contributed by atoms with Gasteiger partial charge in [0.1, 0.15) is 5.78 Å². The molecule has 3 rings (SSSR count). The molecule has 0 spiro atoms. The Morgan fingerprint density at radius 2 is 1.92 bits per heavy atom. The lowest BCUT2D eigenvalue weighted by Crippen LogP contribution is -2.17. The Hall–Kier alpha value is -1.97. The zero-order chi connectivity index (χ0) is 18.5. The second-order valence-electron chi connectivity index (χ2n) is 7.35. The summed E-state index contributed by atoms with van der Waals surface area (Å²) in [5, 5.41) is 22.7. The van der Waals surface area contributed by atoms with E-state index in [0.29, 0.717) is 0 Å². The molecule has 2 N–H and O–H groups in total. The van der Waals surface area contributed by atoms with Gasteiger partial charge in [0.05, 0.1) is 18.1 Å². The van der Waals surface area contributed by atoms with Crippen LogP contribution in [-0.4, -0.2) is 28.2 Å². The summed E-state index contributed by atoms with van der Waals surface area (Å²) >= 11 is 0. The minimum absolute atomic E-state index is 0.0721. The van der Waals surface area contributed by atoms with E-state index in [4.69, 9.17) is 0 Å². The van der Waals surface area contributed by atoms with Crippen LogP contribution in [0.3, 0.4) is 0 Å². The molecule has 3 nitrogen and oxygen atoms in total. The van der Waals surface area contributed by atoms with Crippen LogP contribution in [-0.2, 0) is 4.79 Å². The largest absolute Gasteiger partial charge is 0.392 e. The van der Waals surface area contributed by atoms with E-state index in [0.717, 1.165) is 42.0 Å². The van der Waals surface area contributed by atoms with Crippen LogP contribution in [0.25, 0.3) is 10.8 Å². The summed E-state index contributed by atoms with van der Waals surface area (Å²) in [5.74, 6) is -0.541. The number of rotatable bonds is 7. The van der Waals surface area contributed by atoms with Gasteiger partial charge < -0.3 is 10.2 Å². The van der Waals surface area contributed by atoms with Crippen LogP contribution in [0.1, 0.15) is 50.5 Å². The van der Waals surface area contributed by atoms with E-state index in [2.05, 4.69) is 19.1 Å². The minimum Gasteiger partial charge on any atom is -0.392 e. The summed E-state index contributed by atoms with van der Waals surface area (Å²) < 4.78 is 0. The van der Waals surface area contributed by atoms with Crippen LogP contribution < -0.4 is 0 Å². The van der Waals surface area contributed by atoms with Gasteiger partial charge in [0.2, 0.25) is 0 Å². The molecule has 0 saturated heterocycles. The third-order valence-electron chi connectivity index (χ3n) is 5.38. The molecular formula is C23H28O3. The molecule has 26 heavy (non-hydrogen) atoms. The molecule has 1 aliphatic rings. The Labute approximate surface area is 155 Å². The number of hydrogen-bond acceptors (Lipinski definition) is 3. The van der Waals surface area contributed by atoms with Gasteiger partial charge in [-0.1, -0.05) is 80.8 Å². The van der Waals surface area contributed by atoms with Crippen molar-refractivity contribution >= 4 is 16.6 Å². The molecule has 0 radical (unpaired) electrons. The van der Waals surface area contributed by atoms with Gasteiger partial charge in [0.15, 0.2) is 0 Å². The second kappa shape index (κ2) is 8.61. The van der Waals surface area contributed by atoms with E-state index in [9.17, 15) is 15.0 Å². The predicted molar refractivity (Wildman–Crippen MR) is 105 cm³/mol. The van der Waals surface area contributed by atoms with Crippen molar-refractivity contribution in [3.8, 4) is 0 Å². The standard InChI is InChI=1S/C23H28O3/c1-2-3-4-9-19(24)12-13-20-21(25)15-22(26)23(20)18-11-10-16-7-5-6-8-17(16)14-18/h5-8,10-14,19-21,23-25H,2-4,9,15H2,1H3/t19-,20-,21+,23-/m0/s1. The lowest BCUT2D eigenvalue weighted by molar-refractivity contribution is -0.119. The summed E-state index contributed by atoms with van der Waals surface area (Å²) in [6, 6.07) is 14.1. The number of carbonyl (C=O) groups is 1. The number of carbonyl (C=O) groups excluding carboxylic acids is 1. The molecule has 1 saturated carbocycles. The van der Waals surface area contributed by atoms with Crippen molar-refractivity contribution in [3.63, 3.8) is 0 Å². The molecule has 1 fully saturated rings. The maximum atomic E-state index is 12.5. The minimum atomic E-state index is -0.682. The van der Waals surface area contributed by atoms with Gasteiger partial charge in [-0.2, -0.15) is 0 Å². The number of hydrogen-bond donors (Lipinski definition) is 2. The van der Waals surface area contributed by atoms with Gasteiger partial charge in [-0.3, -0.25) is 4.79 Å². The number of ketones is 1. The molecule has 0 heterocycles. The SMILES string of the molecule is CCCCC[C@H](O)C=C[C@H]1[C@H](O)CC(=O)[C@H]1c1ccc2ccccc2c1. The zero-order valence-corrected chi connectivity index (χ0v) is 15.3. The highest BCUT2D eigenvalue weighted by Crippen LogP contribution is 2.39. The molecule has 138 valence electrons. The fourth-order valence-electron chi connectivity index (χ4n) is 3.91. The molecular weight excluding hydrogens is 324 g/mol. The van der Waals surface area contributed by atoms with Gasteiger partial charge in [-0.25, -0.2) is 0 Å². The third kappa shape index (κ3) is 4.22. The molecule has 0 aliphatic heterocycles. The lowest BCUT2D eigenvalue weighted by atomic mass is 9.86. The maximum Gasteiger partial charge on any atom is 0.143 e. The number of aliphatic hydroxyl groups is 2. The zero-order valence-electron chi connectivity index (χ0n) is 15.3. The Bertz CT molecular complexity index is 780. The van der Waals surface area contributed by atoms with Crippen molar-refractivity contribution < 1.29 is 15.0 Å². The molecule has 3 heteroatoms. The van der Waals surface area contributed by atoms with Crippen molar-refractivity contribution in [2.45, 2.75) is 57.2 Å². The number of unbranched alkanes of at least 4 members (excludes halogenated alkanes) is 2. The van der Waals surface area contributed by atoms with Gasteiger partial charge >= 0.3 is 0 Å². The first kappa shape index (κ1) is 18.8. The van der Waals surface area contributed by atoms with Crippen LogP contribution in [0.2, 0.25) is 0 Å². The topological polar surface area (TPSA) is 57.5 Å². The molecule has 0 amide bonds. The third-order valence-corrected chi connectivity index (χ3v) is 5.38. The molecule has 0 aromatic heterocycles. The Morgan fingerprint density at radius 3 is 2.69 bits per heavy atom.